The van der Waals surface area contributed by atoms with Crippen LogP contribution in [0.2, 0.25) is 0 Å². The van der Waals surface area contributed by atoms with Crippen molar-refractivity contribution in [2.24, 2.45) is 4.99 Å². The summed E-state index contributed by atoms with van der Waals surface area (Å²) < 4.78 is 0.996. The third-order valence-electron chi connectivity index (χ3n) is 3.87. The van der Waals surface area contributed by atoms with Gasteiger partial charge in [0, 0.05) is 15.9 Å². The molecule has 1 atom stereocenters. The Labute approximate surface area is 159 Å². The second-order valence-corrected chi connectivity index (χ2v) is 7.29. The van der Waals surface area contributed by atoms with Crippen molar-refractivity contribution in [2.75, 3.05) is 11.6 Å². The molecule has 1 aliphatic heterocycles. The van der Waals surface area contributed by atoms with Crippen molar-refractivity contribution in [1.29, 1.82) is 0 Å². The van der Waals surface area contributed by atoms with Gasteiger partial charge in [-0.2, -0.15) is 0 Å². The minimum Gasteiger partial charge on any atom is -0.338 e. The van der Waals surface area contributed by atoms with E-state index >= 15 is 0 Å². The van der Waals surface area contributed by atoms with E-state index in [0.29, 0.717) is 5.57 Å². The maximum atomic E-state index is 12.9. The summed E-state index contributed by atoms with van der Waals surface area (Å²) in [6.07, 6.45) is 1.97. The van der Waals surface area contributed by atoms with E-state index in [4.69, 9.17) is 4.99 Å². The maximum absolute atomic E-state index is 12.9. The molecule has 0 unspecified atom stereocenters. The average Bonchev–Trinajstić information content (AvgIpc) is 2.62. The van der Waals surface area contributed by atoms with Crippen LogP contribution in [-0.4, -0.2) is 17.3 Å². The van der Waals surface area contributed by atoms with Gasteiger partial charge in [-0.15, -0.1) is 0 Å². The van der Waals surface area contributed by atoms with Gasteiger partial charge in [0.15, 0.2) is 5.17 Å². The van der Waals surface area contributed by atoms with Gasteiger partial charge in [-0.05, 0) is 43.0 Å². The summed E-state index contributed by atoms with van der Waals surface area (Å²) in [4.78, 5) is 17.7. The molecule has 2 aromatic rings. The highest BCUT2D eigenvalue weighted by molar-refractivity contribution is 9.10. The first-order valence-corrected chi connectivity index (χ1v) is 9.81. The van der Waals surface area contributed by atoms with Crippen molar-refractivity contribution in [3.8, 4) is 0 Å². The molecule has 128 valence electrons. The van der Waals surface area contributed by atoms with Gasteiger partial charge in [0.05, 0.1) is 5.57 Å². The lowest BCUT2D eigenvalue weighted by Crippen LogP contribution is -2.31. The predicted molar refractivity (Wildman–Crippen MR) is 109 cm³/mol. The van der Waals surface area contributed by atoms with Crippen LogP contribution < -0.4 is 10.6 Å². The lowest BCUT2D eigenvalue weighted by Gasteiger charge is -2.26. The Bertz CT molecular complexity index is 832. The van der Waals surface area contributed by atoms with Crippen molar-refractivity contribution < 1.29 is 4.79 Å². The number of amidine groups is 1. The molecule has 6 heteroatoms. The van der Waals surface area contributed by atoms with Gasteiger partial charge >= 0.3 is 0 Å². The molecule has 4 nitrogen and oxygen atoms in total. The second kappa shape index (κ2) is 7.89. The van der Waals surface area contributed by atoms with Crippen LogP contribution >= 0.6 is 27.7 Å². The third kappa shape index (κ3) is 4.14. The Morgan fingerprint density at radius 3 is 2.48 bits per heavy atom. The number of aliphatic imine (C=N–C) groups is 1. The first-order chi connectivity index (χ1) is 12.1. The fourth-order valence-corrected chi connectivity index (χ4v) is 3.38. The monoisotopic (exact) mass is 415 g/mol. The van der Waals surface area contributed by atoms with Crippen molar-refractivity contribution >= 4 is 44.5 Å². The van der Waals surface area contributed by atoms with Crippen molar-refractivity contribution in [2.45, 2.75) is 13.0 Å². The van der Waals surface area contributed by atoms with Crippen LogP contribution in [-0.2, 0) is 4.79 Å². The van der Waals surface area contributed by atoms with Crippen LogP contribution in [0.3, 0.4) is 0 Å². The number of benzene rings is 2. The van der Waals surface area contributed by atoms with Crippen molar-refractivity contribution in [3.63, 3.8) is 0 Å². The van der Waals surface area contributed by atoms with Crippen molar-refractivity contribution in [3.05, 3.63) is 75.9 Å². The van der Waals surface area contributed by atoms with Gasteiger partial charge in [-0.3, -0.25) is 4.79 Å². The van der Waals surface area contributed by atoms with Crippen LogP contribution in [0.5, 0.6) is 0 Å². The third-order valence-corrected chi connectivity index (χ3v) is 5.00. The first kappa shape index (κ1) is 17.8. The first-order valence-electron chi connectivity index (χ1n) is 7.80. The fourth-order valence-electron chi connectivity index (χ4n) is 2.65. The van der Waals surface area contributed by atoms with E-state index < -0.39 is 0 Å². The standard InChI is InChI=1S/C19H18BrN3OS/c1-12-16(18(24)22-15-6-4-3-5-7-15)17(23-19(21-12)25-2)13-8-10-14(20)11-9-13/h3-11,17H,1-2H3,(H,21,23)(H,22,24)/t17-/m1/s1. The summed E-state index contributed by atoms with van der Waals surface area (Å²) in [5.41, 5.74) is 3.19. The Kier molecular flexibility index (Phi) is 5.60. The van der Waals surface area contributed by atoms with Gasteiger partial charge < -0.3 is 10.6 Å². The average molecular weight is 416 g/mol. The number of nitrogens with zero attached hydrogens (tertiary/aromatic N) is 1. The smallest absolute Gasteiger partial charge is 0.255 e. The molecule has 0 aliphatic carbocycles. The zero-order valence-electron chi connectivity index (χ0n) is 13.9. The number of thioether (sulfide) groups is 1. The van der Waals surface area contributed by atoms with E-state index in [0.717, 1.165) is 26.6 Å². The molecule has 0 radical (unpaired) electrons. The van der Waals surface area contributed by atoms with E-state index in [1.54, 1.807) is 0 Å². The number of allylic oxidation sites excluding steroid dienone is 1. The molecule has 0 saturated heterocycles. The van der Waals surface area contributed by atoms with E-state index in [-0.39, 0.29) is 11.9 Å². The summed E-state index contributed by atoms with van der Waals surface area (Å²) >= 11 is 4.98. The quantitative estimate of drug-likeness (QED) is 0.761. The van der Waals surface area contributed by atoms with E-state index in [1.165, 1.54) is 11.8 Å². The molecule has 0 bridgehead atoms. The molecule has 0 aromatic heterocycles. The lowest BCUT2D eigenvalue weighted by atomic mass is 9.96. The number of nitrogens with one attached hydrogen (secondary N) is 2. The summed E-state index contributed by atoms with van der Waals surface area (Å²) in [6.45, 7) is 1.91. The summed E-state index contributed by atoms with van der Waals surface area (Å²) in [5.74, 6) is -0.145. The van der Waals surface area contributed by atoms with Crippen LogP contribution in [0.1, 0.15) is 18.5 Å². The van der Waals surface area contributed by atoms with Gasteiger partial charge in [-0.25, -0.2) is 4.99 Å². The topological polar surface area (TPSA) is 53.5 Å². The molecule has 25 heavy (non-hydrogen) atoms. The van der Waals surface area contributed by atoms with Crippen LogP contribution in [0, 0.1) is 0 Å². The predicted octanol–water partition coefficient (Wildman–Crippen LogP) is 4.73. The van der Waals surface area contributed by atoms with Crippen LogP contribution in [0.15, 0.2) is 75.3 Å². The molecule has 2 aromatic carbocycles. The Morgan fingerprint density at radius 2 is 1.84 bits per heavy atom. The number of rotatable bonds is 3. The Hall–Kier alpha value is -2.05. The number of anilines is 1. The minimum atomic E-state index is -0.333. The highest BCUT2D eigenvalue weighted by atomic mass is 79.9. The summed E-state index contributed by atoms with van der Waals surface area (Å²) in [7, 11) is 0. The molecule has 0 saturated carbocycles. The molecular formula is C19H18BrN3OS. The number of carbonyl (C=O) groups is 1. The number of amides is 1. The Morgan fingerprint density at radius 1 is 1.16 bits per heavy atom. The molecule has 0 spiro atoms. The van der Waals surface area contributed by atoms with E-state index in [1.807, 2.05) is 67.8 Å². The number of carbonyl (C=O) groups excluding carboxylic acids is 1. The van der Waals surface area contributed by atoms with Crippen LogP contribution in [0.25, 0.3) is 0 Å². The van der Waals surface area contributed by atoms with Gasteiger partial charge in [-0.1, -0.05) is 58.0 Å². The number of hydrogen-bond acceptors (Lipinski definition) is 4. The molecule has 3 rings (SSSR count). The largest absolute Gasteiger partial charge is 0.338 e. The Balaban J connectivity index is 1.96. The normalized spacial score (nSPS) is 16.9. The molecule has 2 N–H and O–H groups in total. The maximum Gasteiger partial charge on any atom is 0.255 e. The minimum absolute atomic E-state index is 0.145. The molecule has 0 fully saturated rings. The number of hydrogen-bond donors (Lipinski definition) is 2. The van der Waals surface area contributed by atoms with Gasteiger partial charge in [0.25, 0.3) is 5.91 Å². The fraction of sp³-hybridized carbons (Fsp3) is 0.158. The molecule has 1 aliphatic rings. The lowest BCUT2D eigenvalue weighted by molar-refractivity contribution is -0.113. The zero-order chi connectivity index (χ0) is 17.8. The highest BCUT2D eigenvalue weighted by Gasteiger charge is 2.29. The zero-order valence-corrected chi connectivity index (χ0v) is 16.3. The molecule has 1 heterocycles. The summed E-state index contributed by atoms with van der Waals surface area (Å²) in [6, 6.07) is 17.0. The highest BCUT2D eigenvalue weighted by Crippen LogP contribution is 2.33. The molecular weight excluding hydrogens is 398 g/mol. The summed E-state index contributed by atoms with van der Waals surface area (Å²) in [5, 5.41) is 6.99. The van der Waals surface area contributed by atoms with Gasteiger partial charge in [0.1, 0.15) is 6.04 Å². The van der Waals surface area contributed by atoms with E-state index in [9.17, 15) is 4.79 Å². The van der Waals surface area contributed by atoms with Crippen LogP contribution in [0.4, 0.5) is 5.69 Å². The second-order valence-electron chi connectivity index (χ2n) is 5.58. The van der Waals surface area contributed by atoms with Gasteiger partial charge in [0.2, 0.25) is 0 Å². The van der Waals surface area contributed by atoms with Crippen molar-refractivity contribution in [1.82, 2.24) is 5.32 Å². The number of halogens is 1. The SMILES string of the molecule is CSC1=N[C@H](c2ccc(Br)cc2)C(C(=O)Nc2ccccc2)=C(C)N1. The molecule has 1 amide bonds. The van der Waals surface area contributed by atoms with E-state index in [2.05, 4.69) is 26.6 Å². The number of para-hydroxylation sites is 1.